The van der Waals surface area contributed by atoms with Crippen molar-refractivity contribution in [2.24, 2.45) is 0 Å². The highest BCUT2D eigenvalue weighted by Gasteiger charge is 2.16. The van der Waals surface area contributed by atoms with Crippen LogP contribution >= 0.6 is 11.6 Å². The molecule has 0 heterocycles. The fraction of sp³-hybridized carbons (Fsp3) is 0.0500. The Labute approximate surface area is 167 Å². The van der Waals surface area contributed by atoms with Gasteiger partial charge in [-0.25, -0.2) is 12.8 Å². The second-order valence-electron chi connectivity index (χ2n) is 6.05. The number of sulfonamides is 1. The summed E-state index contributed by atoms with van der Waals surface area (Å²) in [6.45, 7) is 1.69. The minimum Gasteiger partial charge on any atom is -0.322 e. The highest BCUT2D eigenvalue weighted by atomic mass is 35.5. The summed E-state index contributed by atoms with van der Waals surface area (Å²) in [4.78, 5) is 12.3. The van der Waals surface area contributed by atoms with Crippen LogP contribution in [-0.4, -0.2) is 14.3 Å². The summed E-state index contributed by atoms with van der Waals surface area (Å²) in [7, 11) is -3.85. The smallest absolute Gasteiger partial charge is 0.261 e. The summed E-state index contributed by atoms with van der Waals surface area (Å²) in [5.41, 5.74) is 1.74. The average Bonchev–Trinajstić information content (AvgIpc) is 2.65. The molecule has 2 N–H and O–H groups in total. The van der Waals surface area contributed by atoms with Crippen molar-refractivity contribution >= 4 is 38.9 Å². The van der Waals surface area contributed by atoms with Crippen LogP contribution in [0.5, 0.6) is 0 Å². The molecule has 0 saturated heterocycles. The molecular formula is C20H16ClFN2O3S. The molecule has 0 aliphatic carbocycles. The second-order valence-corrected chi connectivity index (χ2v) is 8.17. The van der Waals surface area contributed by atoms with Gasteiger partial charge in [0.05, 0.1) is 4.90 Å². The van der Waals surface area contributed by atoms with Crippen LogP contribution in [0.15, 0.2) is 71.6 Å². The third-order valence-electron chi connectivity index (χ3n) is 3.96. The molecule has 0 unspecified atom stereocenters. The third-order valence-corrected chi connectivity index (χ3v) is 5.59. The average molecular weight is 419 g/mol. The van der Waals surface area contributed by atoms with E-state index in [2.05, 4.69) is 10.0 Å². The van der Waals surface area contributed by atoms with Crippen LogP contribution in [0.3, 0.4) is 0 Å². The van der Waals surface area contributed by atoms with Crippen LogP contribution < -0.4 is 10.0 Å². The zero-order chi connectivity index (χ0) is 20.3. The first kappa shape index (κ1) is 19.9. The Hall–Kier alpha value is -2.90. The second kappa shape index (κ2) is 8.00. The highest BCUT2D eigenvalue weighted by Crippen LogP contribution is 2.23. The van der Waals surface area contributed by atoms with Gasteiger partial charge >= 0.3 is 0 Å². The first-order valence-corrected chi connectivity index (χ1v) is 10.1. The molecule has 0 radical (unpaired) electrons. The number of nitrogens with one attached hydrogen (secondary N) is 2. The fourth-order valence-corrected chi connectivity index (χ4v) is 3.74. The number of anilines is 2. The van der Waals surface area contributed by atoms with E-state index in [0.29, 0.717) is 21.8 Å². The predicted octanol–water partition coefficient (Wildman–Crippen LogP) is 4.84. The lowest BCUT2D eigenvalue weighted by Crippen LogP contribution is -2.15. The Bertz CT molecular complexity index is 1120. The molecule has 3 aromatic carbocycles. The Morgan fingerprint density at radius 3 is 2.21 bits per heavy atom. The summed E-state index contributed by atoms with van der Waals surface area (Å²) in [5, 5.41) is 3.27. The summed E-state index contributed by atoms with van der Waals surface area (Å²) < 4.78 is 40.4. The topological polar surface area (TPSA) is 75.3 Å². The Morgan fingerprint density at radius 1 is 0.964 bits per heavy atom. The number of carbonyl (C=O) groups excluding carboxylic acids is 1. The van der Waals surface area contributed by atoms with Crippen molar-refractivity contribution in [3.05, 3.63) is 88.7 Å². The van der Waals surface area contributed by atoms with E-state index in [1.165, 1.54) is 42.5 Å². The normalized spacial score (nSPS) is 11.1. The van der Waals surface area contributed by atoms with Crippen molar-refractivity contribution in [3.8, 4) is 0 Å². The van der Waals surface area contributed by atoms with E-state index in [1.807, 2.05) is 0 Å². The number of hydrogen-bond donors (Lipinski definition) is 2. The van der Waals surface area contributed by atoms with Crippen molar-refractivity contribution in [2.75, 3.05) is 10.0 Å². The molecule has 0 bridgehead atoms. The van der Waals surface area contributed by atoms with Crippen molar-refractivity contribution < 1.29 is 17.6 Å². The molecular weight excluding hydrogens is 403 g/mol. The largest absolute Gasteiger partial charge is 0.322 e. The van der Waals surface area contributed by atoms with Gasteiger partial charge in [0.1, 0.15) is 5.82 Å². The Kier molecular flexibility index (Phi) is 5.67. The van der Waals surface area contributed by atoms with Gasteiger partial charge in [0.25, 0.3) is 15.9 Å². The summed E-state index contributed by atoms with van der Waals surface area (Å²) in [6, 6.07) is 15.8. The maximum Gasteiger partial charge on any atom is 0.261 e. The lowest BCUT2D eigenvalue weighted by Gasteiger charge is -2.12. The molecule has 0 aromatic heterocycles. The highest BCUT2D eigenvalue weighted by molar-refractivity contribution is 7.92. The molecule has 0 fully saturated rings. The minimum absolute atomic E-state index is 0.0267. The number of halogens is 2. The van der Waals surface area contributed by atoms with E-state index in [0.717, 1.165) is 0 Å². The van der Waals surface area contributed by atoms with E-state index in [4.69, 9.17) is 11.6 Å². The molecule has 0 atom stereocenters. The molecule has 0 aliphatic rings. The zero-order valence-corrected chi connectivity index (χ0v) is 16.3. The van der Waals surface area contributed by atoms with Crippen LogP contribution in [0.25, 0.3) is 0 Å². The van der Waals surface area contributed by atoms with Crippen LogP contribution in [0.2, 0.25) is 5.02 Å². The van der Waals surface area contributed by atoms with Gasteiger partial charge in [-0.2, -0.15) is 0 Å². The van der Waals surface area contributed by atoms with E-state index in [9.17, 15) is 17.6 Å². The molecule has 144 valence electrons. The standard InChI is InChI=1S/C20H16ClFN2O3S/c1-13-12-18(28(26,27)24-17-8-6-16(22)7-9-17)10-11-19(13)23-20(25)14-2-4-15(21)5-3-14/h2-12,24H,1H3,(H,23,25). The van der Waals surface area contributed by atoms with Crippen molar-refractivity contribution in [3.63, 3.8) is 0 Å². The van der Waals surface area contributed by atoms with Gasteiger partial charge in [-0.1, -0.05) is 11.6 Å². The quantitative estimate of drug-likeness (QED) is 0.622. The molecule has 1 amide bonds. The van der Waals surface area contributed by atoms with E-state index < -0.39 is 15.8 Å². The van der Waals surface area contributed by atoms with Crippen LogP contribution in [0, 0.1) is 12.7 Å². The first-order valence-electron chi connectivity index (χ1n) is 8.20. The molecule has 0 aliphatic heterocycles. The minimum atomic E-state index is -3.85. The van der Waals surface area contributed by atoms with Crippen molar-refractivity contribution in [2.45, 2.75) is 11.8 Å². The molecule has 3 aromatic rings. The van der Waals surface area contributed by atoms with Gasteiger partial charge in [0, 0.05) is 22.0 Å². The van der Waals surface area contributed by atoms with Crippen LogP contribution in [0.1, 0.15) is 15.9 Å². The van der Waals surface area contributed by atoms with E-state index in [1.54, 1.807) is 31.2 Å². The fourth-order valence-electron chi connectivity index (χ4n) is 2.47. The lowest BCUT2D eigenvalue weighted by atomic mass is 10.1. The van der Waals surface area contributed by atoms with Gasteiger partial charge in [-0.05, 0) is 79.2 Å². The van der Waals surface area contributed by atoms with Gasteiger partial charge in [-0.3, -0.25) is 9.52 Å². The maximum atomic E-state index is 13.0. The summed E-state index contributed by atoms with van der Waals surface area (Å²) >= 11 is 5.81. The Morgan fingerprint density at radius 2 is 1.61 bits per heavy atom. The molecule has 5 nitrogen and oxygen atoms in total. The van der Waals surface area contributed by atoms with Crippen molar-refractivity contribution in [1.82, 2.24) is 0 Å². The maximum absolute atomic E-state index is 13.0. The molecule has 0 saturated carbocycles. The number of carbonyl (C=O) groups is 1. The Balaban J connectivity index is 1.78. The predicted molar refractivity (Wildman–Crippen MR) is 108 cm³/mol. The van der Waals surface area contributed by atoms with E-state index in [-0.39, 0.29) is 16.5 Å². The number of benzene rings is 3. The first-order chi connectivity index (χ1) is 13.2. The summed E-state index contributed by atoms with van der Waals surface area (Å²) in [5.74, 6) is -0.792. The number of hydrogen-bond acceptors (Lipinski definition) is 3. The summed E-state index contributed by atoms with van der Waals surface area (Å²) in [6.07, 6.45) is 0. The molecule has 8 heteroatoms. The van der Waals surface area contributed by atoms with Gasteiger partial charge in [0.15, 0.2) is 0 Å². The number of aryl methyl sites for hydroxylation is 1. The third kappa shape index (κ3) is 4.68. The van der Waals surface area contributed by atoms with Crippen LogP contribution in [-0.2, 0) is 10.0 Å². The molecule has 0 spiro atoms. The van der Waals surface area contributed by atoms with Crippen LogP contribution in [0.4, 0.5) is 15.8 Å². The van der Waals surface area contributed by atoms with Gasteiger partial charge in [-0.15, -0.1) is 0 Å². The molecule has 28 heavy (non-hydrogen) atoms. The van der Waals surface area contributed by atoms with E-state index >= 15 is 0 Å². The SMILES string of the molecule is Cc1cc(S(=O)(=O)Nc2ccc(F)cc2)ccc1NC(=O)c1ccc(Cl)cc1. The van der Waals surface area contributed by atoms with Gasteiger partial charge in [0.2, 0.25) is 0 Å². The van der Waals surface area contributed by atoms with Crippen molar-refractivity contribution in [1.29, 1.82) is 0 Å². The zero-order valence-electron chi connectivity index (χ0n) is 14.7. The molecule has 3 rings (SSSR count). The lowest BCUT2D eigenvalue weighted by molar-refractivity contribution is 0.102. The van der Waals surface area contributed by atoms with Gasteiger partial charge < -0.3 is 5.32 Å². The number of amides is 1. The monoisotopic (exact) mass is 418 g/mol. The number of rotatable bonds is 5.